The zero-order valence-corrected chi connectivity index (χ0v) is 12.0. The van der Waals surface area contributed by atoms with Gasteiger partial charge in [-0.05, 0) is 0 Å². The number of aliphatic hydroxyl groups is 8. The minimum absolute atomic E-state index is 0.667. The number of rotatable bonds is 4. The molecule has 23 heavy (non-hydrogen) atoms. The maximum atomic E-state index is 9.94. The van der Waals surface area contributed by atoms with Crippen molar-refractivity contribution in [1.29, 1.82) is 0 Å². The van der Waals surface area contributed by atoms with Crippen LogP contribution >= 0.6 is 0 Å². The Labute approximate surface area is 130 Å². The van der Waals surface area contributed by atoms with E-state index in [4.69, 9.17) is 19.3 Å². The monoisotopic (exact) mass is 342 g/mol. The summed E-state index contributed by atoms with van der Waals surface area (Å²) >= 11 is 0. The molecule has 136 valence electrons. The lowest BCUT2D eigenvalue weighted by Gasteiger charge is -2.45. The molecule has 10 atom stereocenters. The molecule has 2 rings (SSSR count). The van der Waals surface area contributed by atoms with Gasteiger partial charge in [0.2, 0.25) is 0 Å². The topological polar surface area (TPSA) is 190 Å². The number of aliphatic hydroxyl groups excluding tert-OH is 8. The van der Waals surface area contributed by atoms with Gasteiger partial charge in [-0.2, -0.15) is 0 Å². The Bertz CT molecular complexity index is 378. The molecule has 2 heterocycles. The standard InChI is InChI=1S/C12H22O11/c13-1-3-5(15)6(16)9(19)12(22-3)23-10-4(2-14)21-11(20)8(18)7(10)17/h3-20H,1-2H2/t3-,4-,5-,6+,7-,8+,9-,10+,11-,12-/m0/s1. The molecule has 2 aliphatic rings. The summed E-state index contributed by atoms with van der Waals surface area (Å²) in [5, 5.41) is 76.5. The Kier molecular flexibility index (Phi) is 6.27. The van der Waals surface area contributed by atoms with Crippen molar-refractivity contribution < 1.29 is 55.1 Å². The first-order valence-electron chi connectivity index (χ1n) is 7.08. The third-order valence-electron chi connectivity index (χ3n) is 3.98. The fourth-order valence-electron chi connectivity index (χ4n) is 2.57. The van der Waals surface area contributed by atoms with Crippen molar-refractivity contribution in [3.05, 3.63) is 0 Å². The molecule has 0 radical (unpaired) electrons. The first-order valence-corrected chi connectivity index (χ1v) is 7.08. The highest BCUT2D eigenvalue weighted by Crippen LogP contribution is 2.28. The summed E-state index contributed by atoms with van der Waals surface area (Å²) < 4.78 is 15.3. The van der Waals surface area contributed by atoms with E-state index in [0.29, 0.717) is 0 Å². The van der Waals surface area contributed by atoms with E-state index in [9.17, 15) is 35.7 Å². The molecule has 0 spiro atoms. The van der Waals surface area contributed by atoms with Crippen LogP contribution in [0, 0.1) is 0 Å². The van der Waals surface area contributed by atoms with Crippen molar-refractivity contribution in [2.24, 2.45) is 0 Å². The molecule has 2 saturated heterocycles. The van der Waals surface area contributed by atoms with Crippen LogP contribution in [0.1, 0.15) is 0 Å². The summed E-state index contributed by atoms with van der Waals surface area (Å²) in [7, 11) is 0. The molecular formula is C12H22O11. The van der Waals surface area contributed by atoms with Gasteiger partial charge in [-0.15, -0.1) is 0 Å². The fourth-order valence-corrected chi connectivity index (χ4v) is 2.57. The lowest BCUT2D eigenvalue weighted by atomic mass is 9.97. The molecule has 2 aliphatic heterocycles. The fraction of sp³-hybridized carbons (Fsp3) is 1.00. The normalized spacial score (nSPS) is 51.7. The predicted molar refractivity (Wildman–Crippen MR) is 68.6 cm³/mol. The highest BCUT2D eigenvalue weighted by Gasteiger charge is 2.50. The smallest absolute Gasteiger partial charge is 0.187 e. The molecule has 0 saturated carbocycles. The predicted octanol–water partition coefficient (Wildman–Crippen LogP) is -5.40. The molecule has 0 aliphatic carbocycles. The van der Waals surface area contributed by atoms with Gasteiger partial charge in [-0.1, -0.05) is 0 Å². The van der Waals surface area contributed by atoms with Crippen molar-refractivity contribution in [2.45, 2.75) is 61.4 Å². The number of ether oxygens (including phenoxy) is 3. The zero-order valence-electron chi connectivity index (χ0n) is 12.0. The SMILES string of the molecule is OC[C@@H]1O[C@@H](O[C@H]2[C@@H](O)[C@@H](O)[C@@H](O)O[C@H]2CO)[C@@H](O)[C@H](O)[C@H]1O. The van der Waals surface area contributed by atoms with E-state index >= 15 is 0 Å². The van der Waals surface area contributed by atoms with Crippen LogP contribution in [0.2, 0.25) is 0 Å². The van der Waals surface area contributed by atoms with Gasteiger partial charge in [0.15, 0.2) is 12.6 Å². The van der Waals surface area contributed by atoms with Crippen molar-refractivity contribution in [3.63, 3.8) is 0 Å². The maximum absolute atomic E-state index is 9.94. The summed E-state index contributed by atoms with van der Waals surface area (Å²) in [5.74, 6) is 0. The van der Waals surface area contributed by atoms with Gasteiger partial charge < -0.3 is 55.1 Å². The van der Waals surface area contributed by atoms with E-state index in [1.54, 1.807) is 0 Å². The van der Waals surface area contributed by atoms with Gasteiger partial charge in [0.1, 0.15) is 48.8 Å². The van der Waals surface area contributed by atoms with Crippen molar-refractivity contribution in [2.75, 3.05) is 13.2 Å². The van der Waals surface area contributed by atoms with Crippen LogP contribution < -0.4 is 0 Å². The second-order valence-corrected chi connectivity index (χ2v) is 5.53. The van der Waals surface area contributed by atoms with E-state index < -0.39 is 74.6 Å². The third kappa shape index (κ3) is 3.65. The first-order chi connectivity index (χ1) is 10.8. The van der Waals surface area contributed by atoms with E-state index in [-0.39, 0.29) is 0 Å². The summed E-state index contributed by atoms with van der Waals surface area (Å²) in [6.45, 7) is -1.35. The van der Waals surface area contributed by atoms with Crippen LogP contribution in [0.5, 0.6) is 0 Å². The molecule has 0 aromatic carbocycles. The minimum atomic E-state index is -1.74. The highest BCUT2D eigenvalue weighted by atomic mass is 16.7. The Balaban J connectivity index is 2.11. The van der Waals surface area contributed by atoms with E-state index in [0.717, 1.165) is 0 Å². The molecular weight excluding hydrogens is 320 g/mol. The minimum Gasteiger partial charge on any atom is -0.394 e. The molecule has 0 unspecified atom stereocenters. The lowest BCUT2D eigenvalue weighted by Crippen LogP contribution is -2.64. The molecule has 11 nitrogen and oxygen atoms in total. The second-order valence-electron chi connectivity index (χ2n) is 5.53. The molecule has 8 N–H and O–H groups in total. The zero-order chi connectivity index (χ0) is 17.3. The molecule has 0 bridgehead atoms. The number of hydrogen-bond acceptors (Lipinski definition) is 11. The van der Waals surface area contributed by atoms with Gasteiger partial charge in [-0.3, -0.25) is 0 Å². The molecule has 0 aromatic rings. The van der Waals surface area contributed by atoms with E-state index in [1.807, 2.05) is 0 Å². The summed E-state index contributed by atoms with van der Waals surface area (Å²) in [6.07, 6.45) is -15.6. The molecule has 11 heteroatoms. The first kappa shape index (κ1) is 18.9. The summed E-state index contributed by atoms with van der Waals surface area (Å²) in [5.41, 5.74) is 0. The Morgan fingerprint density at radius 2 is 1.26 bits per heavy atom. The molecule has 2 fully saturated rings. The van der Waals surface area contributed by atoms with Crippen molar-refractivity contribution >= 4 is 0 Å². The van der Waals surface area contributed by atoms with Gasteiger partial charge in [-0.25, -0.2) is 0 Å². The van der Waals surface area contributed by atoms with Crippen LogP contribution in [-0.2, 0) is 14.2 Å². The molecule has 0 amide bonds. The Morgan fingerprint density at radius 1 is 0.652 bits per heavy atom. The van der Waals surface area contributed by atoms with Gasteiger partial charge >= 0.3 is 0 Å². The summed E-state index contributed by atoms with van der Waals surface area (Å²) in [4.78, 5) is 0. The Morgan fingerprint density at radius 3 is 1.83 bits per heavy atom. The largest absolute Gasteiger partial charge is 0.394 e. The lowest BCUT2D eigenvalue weighted by molar-refractivity contribution is -0.355. The molecule has 0 aromatic heterocycles. The quantitative estimate of drug-likeness (QED) is 0.243. The Hall–Kier alpha value is -0.440. The van der Waals surface area contributed by atoms with Gasteiger partial charge in [0, 0.05) is 0 Å². The number of hydrogen-bond donors (Lipinski definition) is 8. The van der Waals surface area contributed by atoms with Crippen LogP contribution in [0.4, 0.5) is 0 Å². The van der Waals surface area contributed by atoms with Crippen molar-refractivity contribution in [1.82, 2.24) is 0 Å². The van der Waals surface area contributed by atoms with Crippen molar-refractivity contribution in [3.8, 4) is 0 Å². The van der Waals surface area contributed by atoms with Crippen LogP contribution in [0.15, 0.2) is 0 Å². The average molecular weight is 342 g/mol. The van der Waals surface area contributed by atoms with E-state index in [2.05, 4.69) is 0 Å². The average Bonchev–Trinajstić information content (AvgIpc) is 2.55. The van der Waals surface area contributed by atoms with Gasteiger partial charge in [0.25, 0.3) is 0 Å². The van der Waals surface area contributed by atoms with Gasteiger partial charge in [0.05, 0.1) is 13.2 Å². The van der Waals surface area contributed by atoms with Crippen LogP contribution in [0.3, 0.4) is 0 Å². The second kappa shape index (κ2) is 7.63. The van der Waals surface area contributed by atoms with Crippen LogP contribution in [0.25, 0.3) is 0 Å². The third-order valence-corrected chi connectivity index (χ3v) is 3.98. The highest BCUT2D eigenvalue weighted by molar-refractivity contribution is 4.93. The maximum Gasteiger partial charge on any atom is 0.187 e. The van der Waals surface area contributed by atoms with E-state index in [1.165, 1.54) is 0 Å². The summed E-state index contributed by atoms with van der Waals surface area (Å²) in [6, 6.07) is 0. The van der Waals surface area contributed by atoms with Crippen LogP contribution in [-0.4, -0.2) is 115 Å².